The highest BCUT2D eigenvalue weighted by Gasteiger charge is 2.72. The van der Waals surface area contributed by atoms with Gasteiger partial charge in [0.1, 0.15) is 35.8 Å². The molecule has 0 bridgehead atoms. The van der Waals surface area contributed by atoms with E-state index in [-0.39, 0.29) is 41.4 Å². The monoisotopic (exact) mass is 499 g/mol. The van der Waals surface area contributed by atoms with E-state index >= 15 is 0 Å². The van der Waals surface area contributed by atoms with Crippen LogP contribution in [0.3, 0.4) is 0 Å². The summed E-state index contributed by atoms with van der Waals surface area (Å²) < 4.78 is 29.8. The fraction of sp³-hybridized carbons (Fsp3) is 0.621. The van der Waals surface area contributed by atoms with Gasteiger partial charge in [-0.1, -0.05) is 23.8 Å². The van der Waals surface area contributed by atoms with Crippen molar-refractivity contribution in [2.24, 2.45) is 5.92 Å². The molecule has 1 aliphatic carbocycles. The standard InChI is InChI=1S/C29H41NO6/c1-20(2)7-13-24-28(3,36-24)27-26(32-6)23(15-16-29(27)19-34-29)35-25(31)14-10-21-8-11-22(12-9-21)33-18-17-30(4)5/h7-12,14,23-24,26-27H,13,15-19H2,1-6H3/b14-10+/t23-,24-,26-,27-,28+,29+/m1/s1. The van der Waals surface area contributed by atoms with Gasteiger partial charge in [-0.15, -0.1) is 0 Å². The van der Waals surface area contributed by atoms with Gasteiger partial charge in [-0.05, 0) is 77.9 Å². The summed E-state index contributed by atoms with van der Waals surface area (Å²) in [5, 5.41) is 0. The first-order chi connectivity index (χ1) is 17.2. The quantitative estimate of drug-likeness (QED) is 0.195. The maximum atomic E-state index is 12.7. The Hall–Kier alpha value is -2.19. The summed E-state index contributed by atoms with van der Waals surface area (Å²) in [6.45, 7) is 8.54. The number of epoxide rings is 2. The van der Waals surface area contributed by atoms with Gasteiger partial charge in [0.25, 0.3) is 0 Å². The fourth-order valence-electron chi connectivity index (χ4n) is 5.44. The Labute approximate surface area is 215 Å². The molecule has 1 saturated carbocycles. The summed E-state index contributed by atoms with van der Waals surface area (Å²) in [4.78, 5) is 14.8. The molecule has 0 radical (unpaired) electrons. The number of esters is 1. The number of hydrogen-bond acceptors (Lipinski definition) is 7. The molecule has 3 fully saturated rings. The molecule has 6 atom stereocenters. The first-order valence-corrected chi connectivity index (χ1v) is 12.9. The molecular weight excluding hydrogens is 458 g/mol. The van der Waals surface area contributed by atoms with Crippen LogP contribution < -0.4 is 4.74 Å². The number of allylic oxidation sites excluding steroid dienone is 1. The van der Waals surface area contributed by atoms with Gasteiger partial charge in [0, 0.05) is 19.7 Å². The molecule has 0 amide bonds. The molecule has 0 unspecified atom stereocenters. The molecule has 7 nitrogen and oxygen atoms in total. The number of hydrogen-bond donors (Lipinski definition) is 0. The van der Waals surface area contributed by atoms with E-state index in [9.17, 15) is 4.79 Å². The molecule has 2 saturated heterocycles. The molecule has 1 aromatic rings. The first kappa shape index (κ1) is 26.9. The summed E-state index contributed by atoms with van der Waals surface area (Å²) in [5.41, 5.74) is 1.61. The third kappa shape index (κ3) is 6.20. The summed E-state index contributed by atoms with van der Waals surface area (Å²) >= 11 is 0. The van der Waals surface area contributed by atoms with Gasteiger partial charge in [0.15, 0.2) is 0 Å². The second-order valence-corrected chi connectivity index (χ2v) is 10.9. The SMILES string of the molecule is CO[C@@H]1[C@H](OC(=O)/C=C/c2ccc(OCCN(C)C)cc2)CC[C@]2(CO2)[C@H]1[C@@]1(C)O[C@@H]1CC=C(C)C. The number of nitrogens with zero attached hydrogens (tertiary/aromatic N) is 1. The van der Waals surface area contributed by atoms with Crippen molar-refractivity contribution in [2.75, 3.05) is 41.0 Å². The number of methoxy groups -OCH3 is 1. The van der Waals surface area contributed by atoms with E-state index in [2.05, 4.69) is 31.7 Å². The summed E-state index contributed by atoms with van der Waals surface area (Å²) in [7, 11) is 5.72. The minimum absolute atomic E-state index is 0.0149. The molecule has 1 spiro atoms. The van der Waals surface area contributed by atoms with Crippen LogP contribution in [0.2, 0.25) is 0 Å². The summed E-state index contributed by atoms with van der Waals surface area (Å²) in [6, 6.07) is 7.67. The van der Waals surface area contributed by atoms with Crippen LogP contribution in [0.15, 0.2) is 42.0 Å². The average molecular weight is 500 g/mol. The van der Waals surface area contributed by atoms with Crippen LogP contribution in [0, 0.1) is 5.92 Å². The van der Waals surface area contributed by atoms with E-state index in [0.717, 1.165) is 30.7 Å². The van der Waals surface area contributed by atoms with Crippen LogP contribution in [0.5, 0.6) is 5.75 Å². The Morgan fingerprint density at radius 3 is 2.56 bits per heavy atom. The van der Waals surface area contributed by atoms with Crippen LogP contribution in [-0.2, 0) is 23.7 Å². The van der Waals surface area contributed by atoms with E-state index in [0.29, 0.717) is 19.6 Å². The van der Waals surface area contributed by atoms with Crippen LogP contribution in [0.4, 0.5) is 0 Å². The van der Waals surface area contributed by atoms with Crippen molar-refractivity contribution in [1.29, 1.82) is 0 Å². The van der Waals surface area contributed by atoms with Crippen LogP contribution in [0.25, 0.3) is 6.08 Å². The highest BCUT2D eigenvalue weighted by Crippen LogP contribution is 2.59. The van der Waals surface area contributed by atoms with Crippen molar-refractivity contribution in [3.63, 3.8) is 0 Å². The minimum atomic E-state index is -0.372. The van der Waals surface area contributed by atoms with Gasteiger partial charge >= 0.3 is 5.97 Å². The molecule has 7 heteroatoms. The topological polar surface area (TPSA) is 73.1 Å². The second-order valence-electron chi connectivity index (χ2n) is 10.9. The highest BCUT2D eigenvalue weighted by atomic mass is 16.6. The third-order valence-electron chi connectivity index (χ3n) is 7.60. The molecule has 198 valence electrons. The smallest absolute Gasteiger partial charge is 0.331 e. The molecule has 1 aromatic carbocycles. The largest absolute Gasteiger partial charge is 0.492 e. The first-order valence-electron chi connectivity index (χ1n) is 12.9. The Morgan fingerprint density at radius 1 is 1.22 bits per heavy atom. The Bertz CT molecular complexity index is 962. The van der Waals surface area contributed by atoms with E-state index < -0.39 is 0 Å². The van der Waals surface area contributed by atoms with Crippen molar-refractivity contribution in [1.82, 2.24) is 4.90 Å². The number of rotatable bonds is 11. The third-order valence-corrected chi connectivity index (χ3v) is 7.60. The van der Waals surface area contributed by atoms with Crippen molar-refractivity contribution < 1.29 is 28.5 Å². The van der Waals surface area contributed by atoms with E-state index in [1.54, 1.807) is 13.2 Å². The minimum Gasteiger partial charge on any atom is -0.492 e. The van der Waals surface area contributed by atoms with Gasteiger partial charge in [0.05, 0.1) is 18.6 Å². The average Bonchev–Trinajstić information content (AvgIpc) is 3.75. The lowest BCUT2D eigenvalue weighted by atomic mass is 9.68. The summed E-state index contributed by atoms with van der Waals surface area (Å²) in [6.07, 6.45) is 7.38. The van der Waals surface area contributed by atoms with E-state index in [1.807, 2.05) is 38.4 Å². The van der Waals surface area contributed by atoms with Gasteiger partial charge in [-0.3, -0.25) is 0 Å². The molecule has 0 N–H and O–H groups in total. The van der Waals surface area contributed by atoms with E-state index in [1.165, 1.54) is 11.6 Å². The van der Waals surface area contributed by atoms with Crippen molar-refractivity contribution >= 4 is 12.0 Å². The zero-order chi connectivity index (χ0) is 25.9. The number of likely N-dealkylation sites (N-methyl/N-ethyl adjacent to an activating group) is 1. The fourth-order valence-corrected chi connectivity index (χ4v) is 5.44. The lowest BCUT2D eigenvalue weighted by molar-refractivity contribution is -0.166. The van der Waals surface area contributed by atoms with Gasteiger partial charge in [0.2, 0.25) is 0 Å². The number of benzene rings is 1. The van der Waals surface area contributed by atoms with Crippen LogP contribution in [-0.4, -0.2) is 81.3 Å². The molecule has 0 aromatic heterocycles. The van der Waals surface area contributed by atoms with Gasteiger partial charge < -0.3 is 28.6 Å². The predicted molar refractivity (Wildman–Crippen MR) is 139 cm³/mol. The van der Waals surface area contributed by atoms with Crippen molar-refractivity contribution in [2.45, 2.75) is 69.5 Å². The zero-order valence-electron chi connectivity index (χ0n) is 22.5. The molecule has 2 aliphatic heterocycles. The molecule has 36 heavy (non-hydrogen) atoms. The Balaban J connectivity index is 1.36. The number of ether oxygens (including phenoxy) is 5. The maximum Gasteiger partial charge on any atom is 0.331 e. The Morgan fingerprint density at radius 2 is 1.94 bits per heavy atom. The highest BCUT2D eigenvalue weighted by molar-refractivity contribution is 5.87. The normalized spacial score (nSPS) is 33.1. The Kier molecular flexibility index (Phi) is 8.25. The molecule has 4 rings (SSSR count). The van der Waals surface area contributed by atoms with Crippen molar-refractivity contribution in [3.8, 4) is 5.75 Å². The zero-order valence-corrected chi connectivity index (χ0v) is 22.5. The van der Waals surface area contributed by atoms with E-state index in [4.69, 9.17) is 23.7 Å². The molecule has 2 heterocycles. The molecular formula is C29H41NO6. The predicted octanol–water partition coefficient (Wildman–Crippen LogP) is 4.26. The van der Waals surface area contributed by atoms with Gasteiger partial charge in [-0.2, -0.15) is 0 Å². The van der Waals surface area contributed by atoms with Crippen LogP contribution >= 0.6 is 0 Å². The number of carbonyl (C=O) groups is 1. The number of carbonyl (C=O) groups excluding carboxylic acids is 1. The lowest BCUT2D eigenvalue weighted by Gasteiger charge is -2.42. The summed E-state index contributed by atoms with van der Waals surface area (Å²) in [5.74, 6) is 0.450. The van der Waals surface area contributed by atoms with Gasteiger partial charge in [-0.25, -0.2) is 4.79 Å². The lowest BCUT2D eigenvalue weighted by Crippen LogP contribution is -2.55. The van der Waals surface area contributed by atoms with Crippen LogP contribution in [0.1, 0.15) is 45.6 Å². The maximum absolute atomic E-state index is 12.7. The molecule has 3 aliphatic rings. The second kappa shape index (κ2) is 11.1. The van der Waals surface area contributed by atoms with Crippen molar-refractivity contribution in [3.05, 3.63) is 47.6 Å².